The van der Waals surface area contributed by atoms with Crippen molar-refractivity contribution < 1.29 is 0 Å². The molecule has 1 N–H and O–H groups in total. The third-order valence-corrected chi connectivity index (χ3v) is 3.25. The Bertz CT molecular complexity index is 199. The lowest BCUT2D eigenvalue weighted by Gasteiger charge is -2.30. The first-order valence-electron chi connectivity index (χ1n) is 5.27. The van der Waals surface area contributed by atoms with Crippen molar-refractivity contribution in [2.75, 3.05) is 0 Å². The SMILES string of the molecule is CC(C)C(C)(C#N)NC1CCCC1. The van der Waals surface area contributed by atoms with Crippen LogP contribution in [0.3, 0.4) is 0 Å². The fourth-order valence-corrected chi connectivity index (χ4v) is 1.82. The summed E-state index contributed by atoms with van der Waals surface area (Å²) in [6.07, 6.45) is 5.11. The molecule has 1 fully saturated rings. The molecule has 0 radical (unpaired) electrons. The summed E-state index contributed by atoms with van der Waals surface area (Å²) in [4.78, 5) is 0. The Morgan fingerprint density at radius 2 is 1.92 bits per heavy atom. The van der Waals surface area contributed by atoms with Crippen LogP contribution in [0.15, 0.2) is 0 Å². The topological polar surface area (TPSA) is 35.8 Å². The molecule has 1 atom stereocenters. The molecule has 2 heteroatoms. The van der Waals surface area contributed by atoms with Crippen LogP contribution in [0.25, 0.3) is 0 Å². The fourth-order valence-electron chi connectivity index (χ4n) is 1.82. The van der Waals surface area contributed by atoms with Gasteiger partial charge in [-0.05, 0) is 25.7 Å². The quantitative estimate of drug-likeness (QED) is 0.724. The summed E-state index contributed by atoms with van der Waals surface area (Å²) in [5.74, 6) is 0.373. The number of nitrogens with one attached hydrogen (secondary N) is 1. The predicted molar refractivity (Wildman–Crippen MR) is 54.2 cm³/mol. The van der Waals surface area contributed by atoms with Gasteiger partial charge in [0.05, 0.1) is 6.07 Å². The van der Waals surface area contributed by atoms with E-state index in [1.807, 2.05) is 6.92 Å². The maximum Gasteiger partial charge on any atom is 0.106 e. The summed E-state index contributed by atoms with van der Waals surface area (Å²) in [5, 5.41) is 12.6. The molecule has 0 aromatic rings. The largest absolute Gasteiger partial charge is 0.297 e. The van der Waals surface area contributed by atoms with Crippen molar-refractivity contribution in [3.8, 4) is 6.07 Å². The highest BCUT2D eigenvalue weighted by Gasteiger charge is 2.31. The molecule has 0 aliphatic heterocycles. The van der Waals surface area contributed by atoms with Crippen LogP contribution in [0.5, 0.6) is 0 Å². The molecule has 74 valence electrons. The van der Waals surface area contributed by atoms with Crippen LogP contribution in [-0.2, 0) is 0 Å². The summed E-state index contributed by atoms with van der Waals surface area (Å²) in [6.45, 7) is 6.21. The Balaban J connectivity index is 2.53. The van der Waals surface area contributed by atoms with Crippen LogP contribution < -0.4 is 5.32 Å². The van der Waals surface area contributed by atoms with Crippen molar-refractivity contribution in [2.45, 2.75) is 58.0 Å². The first kappa shape index (κ1) is 10.5. The van der Waals surface area contributed by atoms with Crippen molar-refractivity contribution >= 4 is 0 Å². The molecular formula is C11H20N2. The molecule has 0 saturated heterocycles. The maximum absolute atomic E-state index is 9.10. The van der Waals surface area contributed by atoms with Crippen molar-refractivity contribution in [1.82, 2.24) is 5.32 Å². The number of rotatable bonds is 3. The van der Waals surface area contributed by atoms with Crippen LogP contribution >= 0.6 is 0 Å². The van der Waals surface area contributed by atoms with Crippen LogP contribution in [0, 0.1) is 17.2 Å². The van der Waals surface area contributed by atoms with Gasteiger partial charge in [-0.1, -0.05) is 26.7 Å². The molecule has 0 heterocycles. The van der Waals surface area contributed by atoms with Gasteiger partial charge in [-0.3, -0.25) is 5.32 Å². The first-order valence-corrected chi connectivity index (χ1v) is 5.27. The van der Waals surface area contributed by atoms with Crippen molar-refractivity contribution in [2.24, 2.45) is 5.92 Å². The Labute approximate surface area is 81.3 Å². The molecule has 0 amide bonds. The van der Waals surface area contributed by atoms with Crippen molar-refractivity contribution in [3.63, 3.8) is 0 Å². The summed E-state index contributed by atoms with van der Waals surface area (Å²) < 4.78 is 0. The fraction of sp³-hybridized carbons (Fsp3) is 0.909. The Morgan fingerprint density at radius 1 is 1.38 bits per heavy atom. The zero-order valence-electron chi connectivity index (χ0n) is 8.93. The van der Waals surface area contributed by atoms with E-state index in [4.69, 9.17) is 5.26 Å². The minimum atomic E-state index is -0.338. The highest BCUT2D eigenvalue weighted by molar-refractivity contribution is 5.07. The van der Waals surface area contributed by atoms with E-state index in [1.54, 1.807) is 0 Å². The smallest absolute Gasteiger partial charge is 0.106 e. The number of hydrogen-bond donors (Lipinski definition) is 1. The normalized spacial score (nSPS) is 23.0. The highest BCUT2D eigenvalue weighted by Crippen LogP contribution is 2.23. The Kier molecular flexibility index (Phi) is 3.33. The van der Waals surface area contributed by atoms with Crippen LogP contribution in [0.4, 0.5) is 0 Å². The second-order valence-corrected chi connectivity index (χ2v) is 4.59. The van der Waals surface area contributed by atoms with E-state index >= 15 is 0 Å². The predicted octanol–water partition coefficient (Wildman–Crippen LogP) is 2.46. The van der Waals surface area contributed by atoms with Crippen LogP contribution in [0.2, 0.25) is 0 Å². The zero-order valence-corrected chi connectivity index (χ0v) is 8.93. The van der Waals surface area contributed by atoms with E-state index < -0.39 is 0 Å². The lowest BCUT2D eigenvalue weighted by molar-refractivity contribution is 0.298. The van der Waals surface area contributed by atoms with Gasteiger partial charge >= 0.3 is 0 Å². The molecule has 0 aromatic carbocycles. The van der Waals surface area contributed by atoms with Gasteiger partial charge in [-0.25, -0.2) is 0 Å². The molecule has 0 spiro atoms. The van der Waals surface area contributed by atoms with E-state index in [0.29, 0.717) is 12.0 Å². The van der Waals surface area contributed by atoms with Gasteiger partial charge in [0.25, 0.3) is 0 Å². The minimum absolute atomic E-state index is 0.338. The van der Waals surface area contributed by atoms with Gasteiger partial charge in [0.2, 0.25) is 0 Å². The summed E-state index contributed by atoms with van der Waals surface area (Å²) in [5.41, 5.74) is -0.338. The molecule has 13 heavy (non-hydrogen) atoms. The molecular weight excluding hydrogens is 160 g/mol. The zero-order chi connectivity index (χ0) is 9.90. The average molecular weight is 180 g/mol. The van der Waals surface area contributed by atoms with Gasteiger partial charge in [-0.15, -0.1) is 0 Å². The van der Waals surface area contributed by atoms with Crippen molar-refractivity contribution in [3.05, 3.63) is 0 Å². The van der Waals surface area contributed by atoms with E-state index in [2.05, 4.69) is 25.2 Å². The Hall–Kier alpha value is -0.550. The van der Waals surface area contributed by atoms with Gasteiger partial charge in [0.15, 0.2) is 0 Å². The molecule has 1 unspecified atom stereocenters. The third-order valence-electron chi connectivity index (χ3n) is 3.25. The molecule has 1 aliphatic rings. The van der Waals surface area contributed by atoms with Crippen molar-refractivity contribution in [1.29, 1.82) is 5.26 Å². The van der Waals surface area contributed by atoms with Crippen LogP contribution in [-0.4, -0.2) is 11.6 Å². The lowest BCUT2D eigenvalue weighted by atomic mass is 9.89. The third kappa shape index (κ3) is 2.45. The molecule has 0 aromatic heterocycles. The second kappa shape index (κ2) is 4.11. The number of nitriles is 1. The first-order chi connectivity index (χ1) is 6.08. The van der Waals surface area contributed by atoms with Gasteiger partial charge < -0.3 is 0 Å². The van der Waals surface area contributed by atoms with E-state index in [0.717, 1.165) is 0 Å². The monoisotopic (exact) mass is 180 g/mol. The van der Waals surface area contributed by atoms with Gasteiger partial charge in [0.1, 0.15) is 5.54 Å². The van der Waals surface area contributed by atoms with E-state index in [9.17, 15) is 0 Å². The standard InChI is InChI=1S/C11H20N2/c1-9(2)11(3,8-12)13-10-6-4-5-7-10/h9-10,13H,4-7H2,1-3H3. The maximum atomic E-state index is 9.10. The molecule has 1 aliphatic carbocycles. The summed E-state index contributed by atoms with van der Waals surface area (Å²) in [6, 6.07) is 2.97. The summed E-state index contributed by atoms with van der Waals surface area (Å²) in [7, 11) is 0. The molecule has 1 rings (SSSR count). The minimum Gasteiger partial charge on any atom is -0.297 e. The Morgan fingerprint density at radius 3 is 2.31 bits per heavy atom. The molecule has 2 nitrogen and oxygen atoms in total. The lowest BCUT2D eigenvalue weighted by Crippen LogP contribution is -2.49. The second-order valence-electron chi connectivity index (χ2n) is 4.59. The number of hydrogen-bond acceptors (Lipinski definition) is 2. The van der Waals surface area contributed by atoms with E-state index in [-0.39, 0.29) is 5.54 Å². The highest BCUT2D eigenvalue weighted by atomic mass is 15.0. The number of nitrogens with zero attached hydrogens (tertiary/aromatic N) is 1. The molecule has 1 saturated carbocycles. The molecule has 0 bridgehead atoms. The van der Waals surface area contributed by atoms with Gasteiger partial charge in [0, 0.05) is 6.04 Å². The average Bonchev–Trinajstić information content (AvgIpc) is 2.56. The van der Waals surface area contributed by atoms with Crippen LogP contribution in [0.1, 0.15) is 46.5 Å². The van der Waals surface area contributed by atoms with E-state index in [1.165, 1.54) is 25.7 Å². The summed E-state index contributed by atoms with van der Waals surface area (Å²) >= 11 is 0. The van der Waals surface area contributed by atoms with Gasteiger partial charge in [-0.2, -0.15) is 5.26 Å².